The van der Waals surface area contributed by atoms with Crippen LogP contribution in [0, 0.1) is 17.8 Å². The second-order valence-electron chi connectivity index (χ2n) is 16.9. The summed E-state index contributed by atoms with van der Waals surface area (Å²) in [7, 11) is 1.74. The van der Waals surface area contributed by atoms with E-state index in [1.165, 1.54) is 22.3 Å². The molecule has 5 aliphatic rings. The number of methoxy groups -OCH3 is 1. The molecule has 2 amide bonds. The van der Waals surface area contributed by atoms with Crippen molar-refractivity contribution in [1.82, 2.24) is 9.80 Å². The largest absolute Gasteiger partial charge is 0.488 e. The lowest BCUT2D eigenvalue weighted by Crippen LogP contribution is -2.43. The molecule has 56 heavy (non-hydrogen) atoms. The van der Waals surface area contributed by atoms with Gasteiger partial charge in [-0.1, -0.05) is 69.3 Å². The summed E-state index contributed by atoms with van der Waals surface area (Å²) in [6, 6.07) is 25.6. The van der Waals surface area contributed by atoms with E-state index in [2.05, 4.69) is 73.0 Å². The van der Waals surface area contributed by atoms with Gasteiger partial charge in [0.2, 0.25) is 11.8 Å². The lowest BCUT2D eigenvalue weighted by molar-refractivity contribution is -0.136. The molecule has 0 radical (unpaired) electrons. The quantitative estimate of drug-likeness (QED) is 0.171. The Morgan fingerprint density at radius 3 is 2.54 bits per heavy atom. The van der Waals surface area contributed by atoms with Crippen LogP contribution in [0.3, 0.4) is 0 Å². The third kappa shape index (κ3) is 6.46. The highest BCUT2D eigenvalue weighted by atomic mass is 16.5. The number of nitrogens with zero attached hydrogens (tertiary/aromatic N) is 4. The highest BCUT2D eigenvalue weighted by Crippen LogP contribution is 2.45. The predicted octanol–water partition coefficient (Wildman–Crippen LogP) is 9.16. The van der Waals surface area contributed by atoms with Crippen LogP contribution in [0.4, 0.5) is 5.69 Å². The zero-order chi connectivity index (χ0) is 38.7. The normalized spacial score (nSPS) is 22.3. The second kappa shape index (κ2) is 14.8. The van der Waals surface area contributed by atoms with E-state index in [1.54, 1.807) is 7.11 Å². The Balaban J connectivity index is 0.930. The fourth-order valence-corrected chi connectivity index (χ4v) is 9.65. The van der Waals surface area contributed by atoms with Crippen LogP contribution in [-0.4, -0.2) is 71.9 Å². The van der Waals surface area contributed by atoms with Crippen LogP contribution in [0.1, 0.15) is 81.5 Å². The van der Waals surface area contributed by atoms with E-state index in [0.717, 1.165) is 82.6 Å². The highest BCUT2D eigenvalue weighted by Gasteiger charge is 2.41. The van der Waals surface area contributed by atoms with E-state index >= 15 is 0 Å². The zero-order valence-corrected chi connectivity index (χ0v) is 33.3. The van der Waals surface area contributed by atoms with Gasteiger partial charge in [0.05, 0.1) is 30.3 Å². The van der Waals surface area contributed by atoms with E-state index < -0.39 is 0 Å². The molecule has 288 valence electrons. The average Bonchev–Trinajstić information content (AvgIpc) is 4.05. The van der Waals surface area contributed by atoms with Crippen molar-refractivity contribution >= 4 is 45.3 Å². The topological polar surface area (TPSA) is 83.8 Å². The molecule has 9 rings (SSSR count). The lowest BCUT2D eigenvalue weighted by Gasteiger charge is -2.29. The van der Waals surface area contributed by atoms with Crippen LogP contribution >= 0.6 is 0 Å². The first-order valence-corrected chi connectivity index (χ1v) is 20.5. The number of hydrogen-bond acceptors (Lipinski definition) is 6. The first kappa shape index (κ1) is 36.6. The first-order valence-electron chi connectivity index (χ1n) is 20.5. The molecule has 8 nitrogen and oxygen atoms in total. The van der Waals surface area contributed by atoms with Gasteiger partial charge < -0.3 is 19.3 Å². The smallest absolute Gasteiger partial charge is 0.230 e. The molecule has 0 N–H and O–H groups in total. The van der Waals surface area contributed by atoms with Crippen molar-refractivity contribution in [3.63, 3.8) is 0 Å². The SMILES string of the molecule is COC[C@H]1C[C@@H](C2=Nc3ccc4cc5c(cc4c3C2)OCc2cc(C3=CN=C([C@@H]4CCCN4C(=O)[C@@H](C)C(C)C)C3)ccc2-5)N(C(=O)C(C)c2ccccc2)C1. The fourth-order valence-electron chi connectivity index (χ4n) is 9.65. The van der Waals surface area contributed by atoms with Gasteiger partial charge in [-0.05, 0) is 101 Å². The number of amides is 2. The first-order chi connectivity index (χ1) is 27.2. The summed E-state index contributed by atoms with van der Waals surface area (Å²) in [6.45, 7) is 10.9. The van der Waals surface area contributed by atoms with E-state index in [-0.39, 0.29) is 41.7 Å². The van der Waals surface area contributed by atoms with E-state index in [0.29, 0.717) is 32.1 Å². The van der Waals surface area contributed by atoms with Gasteiger partial charge in [0.1, 0.15) is 12.4 Å². The molecule has 1 unspecified atom stereocenters. The molecule has 5 aliphatic heterocycles. The number of likely N-dealkylation sites (tertiary alicyclic amines) is 2. The summed E-state index contributed by atoms with van der Waals surface area (Å²) in [4.78, 5) is 41.6. The van der Waals surface area contributed by atoms with Gasteiger partial charge >= 0.3 is 0 Å². The van der Waals surface area contributed by atoms with Crippen LogP contribution in [0.15, 0.2) is 89.0 Å². The minimum Gasteiger partial charge on any atom is -0.488 e. The van der Waals surface area contributed by atoms with E-state index in [9.17, 15) is 9.59 Å². The average molecular weight is 749 g/mol. The van der Waals surface area contributed by atoms with Crippen molar-refractivity contribution in [3.8, 4) is 16.9 Å². The molecule has 2 saturated heterocycles. The number of carbonyl (C=O) groups is 2. The van der Waals surface area contributed by atoms with Crippen molar-refractivity contribution in [2.45, 2.75) is 84.4 Å². The molecule has 5 atom stereocenters. The summed E-state index contributed by atoms with van der Waals surface area (Å²) in [5, 5.41) is 2.32. The zero-order valence-electron chi connectivity index (χ0n) is 33.3. The molecule has 0 spiro atoms. The van der Waals surface area contributed by atoms with Crippen molar-refractivity contribution in [1.29, 1.82) is 0 Å². The van der Waals surface area contributed by atoms with Gasteiger partial charge in [-0.3, -0.25) is 19.6 Å². The number of allylic oxidation sites excluding steroid dienone is 1. The fraction of sp³-hybridized carbons (Fsp3) is 0.417. The summed E-state index contributed by atoms with van der Waals surface area (Å²) >= 11 is 0. The van der Waals surface area contributed by atoms with Crippen LogP contribution in [0.2, 0.25) is 0 Å². The number of carbonyl (C=O) groups excluding carboxylic acids is 2. The molecule has 2 fully saturated rings. The van der Waals surface area contributed by atoms with E-state index in [1.807, 2.05) is 43.5 Å². The summed E-state index contributed by atoms with van der Waals surface area (Å²) in [6.07, 6.45) is 6.35. The third-order valence-corrected chi connectivity index (χ3v) is 13.2. The summed E-state index contributed by atoms with van der Waals surface area (Å²) in [5.41, 5.74) is 11.2. The molecule has 5 heterocycles. The van der Waals surface area contributed by atoms with Crippen molar-refractivity contribution in [2.75, 3.05) is 26.8 Å². The number of rotatable bonds is 9. The van der Waals surface area contributed by atoms with Crippen molar-refractivity contribution in [3.05, 3.63) is 101 Å². The molecule has 4 aromatic carbocycles. The Kier molecular flexibility index (Phi) is 9.64. The molecular weight excluding hydrogens is 697 g/mol. The molecule has 0 bridgehead atoms. The molecular formula is C48H52N4O4. The Hall–Kier alpha value is -5.08. The predicted molar refractivity (Wildman–Crippen MR) is 224 cm³/mol. The van der Waals surface area contributed by atoms with Gasteiger partial charge in [0.15, 0.2) is 0 Å². The van der Waals surface area contributed by atoms with Crippen LogP contribution in [-0.2, 0) is 27.4 Å². The van der Waals surface area contributed by atoms with Crippen molar-refractivity contribution < 1.29 is 19.1 Å². The highest BCUT2D eigenvalue weighted by molar-refractivity contribution is 6.07. The Labute approximate surface area is 330 Å². The summed E-state index contributed by atoms with van der Waals surface area (Å²) in [5.74, 6) is 1.67. The monoisotopic (exact) mass is 748 g/mol. The van der Waals surface area contributed by atoms with Crippen molar-refractivity contribution in [2.24, 2.45) is 27.7 Å². The third-order valence-electron chi connectivity index (χ3n) is 13.2. The van der Waals surface area contributed by atoms with Gasteiger partial charge in [-0.15, -0.1) is 0 Å². The van der Waals surface area contributed by atoms with Gasteiger partial charge in [0.25, 0.3) is 0 Å². The standard InChI is InChI=1S/C48H52N4O4/c1-28(2)29(3)47(53)51-17-9-12-44(51)42-21-35(24-49-42)33-13-15-37-36(19-33)27-56-46-23-38-34(20-40(37)46)14-16-41-39(38)22-43(50-41)45-18-31(26-55-5)25-52(45)48(54)30(4)32-10-7-6-8-11-32/h6-8,10-11,13-16,19-20,23-24,28-31,44-45H,9,12,17-18,21-22,25-27H2,1-5H3/t29-,30?,31-,44-,45-/m0/s1. The van der Waals surface area contributed by atoms with E-state index in [4.69, 9.17) is 19.5 Å². The Morgan fingerprint density at radius 2 is 1.73 bits per heavy atom. The Bertz CT molecular complexity index is 2310. The van der Waals surface area contributed by atoms with Gasteiger partial charge in [0, 0.05) is 68.1 Å². The van der Waals surface area contributed by atoms with Gasteiger partial charge in [-0.25, -0.2) is 0 Å². The number of aliphatic imine (C=N–C) groups is 2. The van der Waals surface area contributed by atoms with Crippen LogP contribution in [0.5, 0.6) is 5.75 Å². The van der Waals surface area contributed by atoms with Crippen LogP contribution in [0.25, 0.3) is 27.5 Å². The number of ether oxygens (including phenoxy) is 2. The molecule has 0 aromatic heterocycles. The Morgan fingerprint density at radius 1 is 0.893 bits per heavy atom. The minimum absolute atomic E-state index is 0.0148. The number of fused-ring (bicyclic) bond motifs is 6. The minimum atomic E-state index is -0.230. The lowest BCUT2D eigenvalue weighted by atomic mass is 9.89. The maximum absolute atomic E-state index is 14.0. The number of hydrogen-bond donors (Lipinski definition) is 0. The van der Waals surface area contributed by atoms with Crippen LogP contribution < -0.4 is 4.74 Å². The maximum atomic E-state index is 14.0. The van der Waals surface area contributed by atoms with Gasteiger partial charge in [-0.2, -0.15) is 0 Å². The maximum Gasteiger partial charge on any atom is 0.230 e. The molecule has 0 saturated carbocycles. The molecule has 8 heteroatoms. The number of benzene rings is 4. The summed E-state index contributed by atoms with van der Waals surface area (Å²) < 4.78 is 12.1. The molecule has 0 aliphatic carbocycles. The molecule has 4 aromatic rings. The second-order valence-corrected chi connectivity index (χ2v) is 16.9.